The normalized spacial score (nSPS) is 16.7. The van der Waals surface area contributed by atoms with E-state index < -0.39 is 0 Å². The highest BCUT2D eigenvalue weighted by Crippen LogP contribution is 2.41. The number of rotatable bonds is 1. The van der Waals surface area contributed by atoms with Crippen molar-refractivity contribution < 1.29 is 4.74 Å². The number of halogens is 1. The van der Waals surface area contributed by atoms with Crippen LogP contribution in [0.4, 0.5) is 0 Å². The van der Waals surface area contributed by atoms with E-state index in [0.29, 0.717) is 12.2 Å². The van der Waals surface area contributed by atoms with E-state index in [1.54, 1.807) is 0 Å². The van der Waals surface area contributed by atoms with E-state index in [0.717, 1.165) is 10.2 Å². The van der Waals surface area contributed by atoms with E-state index in [1.165, 1.54) is 11.1 Å². The molecule has 0 radical (unpaired) electrons. The molecule has 1 aliphatic rings. The van der Waals surface area contributed by atoms with Crippen LogP contribution in [0, 0.1) is 11.3 Å². The summed E-state index contributed by atoms with van der Waals surface area (Å²) in [7, 11) is 0. The number of benzene rings is 1. The number of nitrogens with zero attached hydrogens (tertiary/aromatic N) is 1. The second-order valence-electron chi connectivity index (χ2n) is 4.44. The molecule has 0 unspecified atom stereocenters. The summed E-state index contributed by atoms with van der Waals surface area (Å²) in [4.78, 5) is 0. The van der Waals surface area contributed by atoms with Crippen LogP contribution >= 0.6 is 22.6 Å². The quantitative estimate of drug-likeness (QED) is 0.589. The van der Waals surface area contributed by atoms with Gasteiger partial charge in [0.15, 0.2) is 0 Å². The third kappa shape index (κ3) is 1.71. The number of ether oxygens (including phenoxy) is 1. The van der Waals surface area contributed by atoms with E-state index >= 15 is 0 Å². The lowest BCUT2D eigenvalue weighted by Gasteiger charge is -2.15. The topological polar surface area (TPSA) is 33.0 Å². The van der Waals surface area contributed by atoms with E-state index in [1.807, 2.05) is 6.07 Å². The van der Waals surface area contributed by atoms with Gasteiger partial charge < -0.3 is 4.74 Å². The molecular formula is C12H12INO. The minimum absolute atomic E-state index is 0.0305. The Balaban J connectivity index is 2.65. The van der Waals surface area contributed by atoms with Crippen molar-refractivity contribution in [2.24, 2.45) is 0 Å². The van der Waals surface area contributed by atoms with E-state index in [9.17, 15) is 0 Å². The van der Waals surface area contributed by atoms with E-state index in [-0.39, 0.29) is 5.41 Å². The second kappa shape index (κ2) is 3.67. The maximum absolute atomic E-state index is 9.06. The van der Waals surface area contributed by atoms with Crippen LogP contribution in [0.2, 0.25) is 0 Å². The Bertz CT molecular complexity index is 446. The van der Waals surface area contributed by atoms with Crippen molar-refractivity contribution in [2.45, 2.75) is 23.7 Å². The molecular weight excluding hydrogens is 301 g/mol. The first kappa shape index (κ1) is 10.7. The molecule has 1 aromatic carbocycles. The Morgan fingerprint density at radius 1 is 1.53 bits per heavy atom. The fraction of sp³-hybridized carbons (Fsp3) is 0.417. The molecule has 1 heterocycles. The third-order valence-corrected chi connectivity index (χ3v) is 3.61. The first-order valence-electron chi connectivity index (χ1n) is 4.85. The highest BCUT2D eigenvalue weighted by atomic mass is 127. The Hall–Kier alpha value is -0.760. The van der Waals surface area contributed by atoms with Gasteiger partial charge in [-0.25, -0.2) is 0 Å². The molecule has 0 saturated carbocycles. The summed E-state index contributed by atoms with van der Waals surface area (Å²) in [5, 5.41) is 9.06. The maximum Gasteiger partial charge on any atom is 0.140 e. The van der Waals surface area contributed by atoms with Gasteiger partial charge in [-0.1, -0.05) is 42.5 Å². The molecule has 78 valence electrons. The van der Waals surface area contributed by atoms with Crippen LogP contribution in [-0.4, -0.2) is 6.61 Å². The first-order valence-corrected chi connectivity index (χ1v) is 6.37. The van der Waals surface area contributed by atoms with Crippen molar-refractivity contribution >= 4 is 22.6 Å². The van der Waals surface area contributed by atoms with Gasteiger partial charge >= 0.3 is 0 Å². The summed E-state index contributed by atoms with van der Waals surface area (Å²) in [6.07, 6.45) is 0. The molecule has 3 heteroatoms. The van der Waals surface area contributed by atoms with E-state index in [4.69, 9.17) is 10.00 Å². The van der Waals surface area contributed by atoms with Crippen LogP contribution in [0.15, 0.2) is 12.1 Å². The molecule has 0 spiro atoms. The maximum atomic E-state index is 9.06. The summed E-state index contributed by atoms with van der Waals surface area (Å²) in [6, 6.07) is 6.30. The van der Waals surface area contributed by atoms with Crippen molar-refractivity contribution in [3.05, 3.63) is 28.8 Å². The van der Waals surface area contributed by atoms with Gasteiger partial charge in [0, 0.05) is 15.4 Å². The Morgan fingerprint density at radius 3 is 2.87 bits per heavy atom. The summed E-state index contributed by atoms with van der Waals surface area (Å²) in [6.45, 7) is 4.97. The molecule has 15 heavy (non-hydrogen) atoms. The lowest BCUT2D eigenvalue weighted by atomic mass is 9.85. The lowest BCUT2D eigenvalue weighted by molar-refractivity contribution is 0.290. The molecule has 0 saturated heterocycles. The molecule has 0 N–H and O–H groups in total. The Labute approximate surface area is 103 Å². The minimum Gasteiger partial charge on any atom is -0.491 e. The van der Waals surface area contributed by atoms with Crippen molar-refractivity contribution in [1.29, 1.82) is 5.26 Å². The second-order valence-corrected chi connectivity index (χ2v) is 5.20. The van der Waals surface area contributed by atoms with E-state index in [2.05, 4.69) is 48.6 Å². The SMILES string of the molecule is CC1(C)COc2c(C#N)cc(CI)cc21. The van der Waals surface area contributed by atoms with Gasteiger partial charge in [-0.05, 0) is 11.6 Å². The number of fused-ring (bicyclic) bond motifs is 1. The number of hydrogen-bond acceptors (Lipinski definition) is 2. The van der Waals surface area contributed by atoms with Crippen LogP contribution in [0.3, 0.4) is 0 Å². The molecule has 0 aliphatic carbocycles. The van der Waals surface area contributed by atoms with Gasteiger partial charge in [-0.3, -0.25) is 0 Å². The van der Waals surface area contributed by atoms with Gasteiger partial charge in [0.25, 0.3) is 0 Å². The van der Waals surface area contributed by atoms with Crippen LogP contribution in [0.1, 0.15) is 30.5 Å². The summed E-state index contributed by atoms with van der Waals surface area (Å²) in [5.74, 6) is 0.788. The lowest BCUT2D eigenvalue weighted by Crippen LogP contribution is -2.18. The molecule has 0 bridgehead atoms. The van der Waals surface area contributed by atoms with Crippen molar-refractivity contribution in [3.8, 4) is 11.8 Å². The largest absolute Gasteiger partial charge is 0.491 e. The molecule has 0 aromatic heterocycles. The summed E-state index contributed by atoms with van der Waals surface area (Å²) < 4.78 is 6.54. The first-order chi connectivity index (χ1) is 7.08. The molecule has 0 fully saturated rings. The van der Waals surface area contributed by atoms with Crippen molar-refractivity contribution in [2.75, 3.05) is 6.61 Å². The number of hydrogen-bond donors (Lipinski definition) is 0. The fourth-order valence-electron chi connectivity index (χ4n) is 1.84. The molecule has 2 nitrogen and oxygen atoms in total. The highest BCUT2D eigenvalue weighted by molar-refractivity contribution is 14.1. The molecule has 1 aliphatic heterocycles. The zero-order valence-electron chi connectivity index (χ0n) is 8.80. The van der Waals surface area contributed by atoms with Gasteiger partial charge in [0.2, 0.25) is 0 Å². The molecule has 2 rings (SSSR count). The average Bonchev–Trinajstić information content (AvgIpc) is 2.54. The molecule has 1 aromatic rings. The predicted molar refractivity (Wildman–Crippen MR) is 67.4 cm³/mol. The zero-order chi connectivity index (χ0) is 11.1. The minimum atomic E-state index is 0.0305. The standard InChI is InChI=1S/C12H12INO/c1-12(2)7-15-11-9(6-14)3-8(5-13)4-10(11)12/h3-4H,5,7H2,1-2H3. The molecule has 0 atom stereocenters. The Kier molecular flexibility index (Phi) is 2.63. The highest BCUT2D eigenvalue weighted by Gasteiger charge is 2.33. The van der Waals surface area contributed by atoms with Gasteiger partial charge in [-0.15, -0.1) is 0 Å². The Morgan fingerprint density at radius 2 is 2.27 bits per heavy atom. The third-order valence-electron chi connectivity index (χ3n) is 2.73. The summed E-state index contributed by atoms with van der Waals surface area (Å²) in [5.41, 5.74) is 3.07. The smallest absolute Gasteiger partial charge is 0.140 e. The van der Waals surface area contributed by atoms with Crippen LogP contribution < -0.4 is 4.74 Å². The summed E-state index contributed by atoms with van der Waals surface area (Å²) >= 11 is 2.31. The monoisotopic (exact) mass is 313 g/mol. The molecule has 0 amide bonds. The van der Waals surface area contributed by atoms with Gasteiger partial charge in [0.1, 0.15) is 11.8 Å². The predicted octanol–water partition coefficient (Wildman–Crippen LogP) is 3.16. The van der Waals surface area contributed by atoms with Crippen molar-refractivity contribution in [3.63, 3.8) is 0 Å². The van der Waals surface area contributed by atoms with Crippen LogP contribution in [0.5, 0.6) is 5.75 Å². The van der Waals surface area contributed by atoms with Crippen molar-refractivity contribution in [1.82, 2.24) is 0 Å². The van der Waals surface area contributed by atoms with Crippen LogP contribution in [0.25, 0.3) is 0 Å². The number of nitriles is 1. The van der Waals surface area contributed by atoms with Crippen LogP contribution in [-0.2, 0) is 9.84 Å². The average molecular weight is 313 g/mol. The fourth-order valence-corrected chi connectivity index (χ4v) is 2.28. The number of alkyl halides is 1. The van der Waals surface area contributed by atoms with Gasteiger partial charge in [-0.2, -0.15) is 5.26 Å². The zero-order valence-corrected chi connectivity index (χ0v) is 11.0. The van der Waals surface area contributed by atoms with Gasteiger partial charge in [0.05, 0.1) is 12.2 Å².